The molecule has 1 aliphatic rings. The number of nitrogens with zero attached hydrogens (tertiary/aromatic N) is 2. The number of benzene rings is 2. The van der Waals surface area contributed by atoms with E-state index in [0.29, 0.717) is 11.4 Å². The van der Waals surface area contributed by atoms with Gasteiger partial charge in [0.1, 0.15) is 30.4 Å². The molecule has 0 atom stereocenters. The number of hydrogen-bond acceptors (Lipinski definition) is 7. The summed E-state index contributed by atoms with van der Waals surface area (Å²) in [7, 11) is 1.58. The molecule has 0 radical (unpaired) electrons. The molecule has 1 fully saturated rings. The maximum absolute atomic E-state index is 12.2. The van der Waals surface area contributed by atoms with Gasteiger partial charge in [-0.25, -0.2) is 4.79 Å². The van der Waals surface area contributed by atoms with E-state index in [4.69, 9.17) is 14.2 Å². The van der Waals surface area contributed by atoms with E-state index >= 15 is 0 Å². The monoisotopic (exact) mass is 386 g/mol. The van der Waals surface area contributed by atoms with Crippen LogP contribution in [0.2, 0.25) is 0 Å². The topological polar surface area (TPSA) is 91.1 Å². The van der Waals surface area contributed by atoms with Gasteiger partial charge in [-0.1, -0.05) is 0 Å². The quantitative estimate of drug-likeness (QED) is 0.297. The van der Waals surface area contributed by atoms with Crippen LogP contribution in [0.1, 0.15) is 23.2 Å². The molecule has 1 aliphatic heterocycles. The average molecular weight is 386 g/mol. The van der Waals surface area contributed by atoms with Crippen molar-refractivity contribution in [3.63, 3.8) is 0 Å². The summed E-state index contributed by atoms with van der Waals surface area (Å²) in [5, 5.41) is 11.4. The maximum atomic E-state index is 12.2. The van der Waals surface area contributed by atoms with Gasteiger partial charge >= 0.3 is 5.97 Å². The standard InChI is InChI=1S/C20H22N2O6/c1-26-16-5-7-17(8-6-16)27-12-13-28-20(23)15-4-9-18(19(14-15)22(24)25)21-10-2-3-11-21/h4-9,14H,2-3,10-13H2,1H3. The SMILES string of the molecule is COc1ccc(OCCOC(=O)c2ccc(N3CCCC3)c([N+](=O)[O-])c2)cc1. The molecule has 148 valence electrons. The summed E-state index contributed by atoms with van der Waals surface area (Å²) < 4.78 is 15.7. The van der Waals surface area contributed by atoms with E-state index in [9.17, 15) is 14.9 Å². The number of nitro benzene ring substituents is 1. The summed E-state index contributed by atoms with van der Waals surface area (Å²) in [6, 6.07) is 11.5. The second kappa shape index (κ2) is 9.07. The minimum absolute atomic E-state index is 0.0343. The minimum atomic E-state index is -0.616. The molecule has 2 aromatic rings. The molecule has 0 amide bonds. The number of methoxy groups -OCH3 is 1. The van der Waals surface area contributed by atoms with Crippen molar-refractivity contribution in [2.45, 2.75) is 12.8 Å². The van der Waals surface area contributed by atoms with E-state index < -0.39 is 10.9 Å². The average Bonchev–Trinajstić information content (AvgIpc) is 3.25. The lowest BCUT2D eigenvalue weighted by molar-refractivity contribution is -0.384. The fraction of sp³-hybridized carbons (Fsp3) is 0.350. The van der Waals surface area contributed by atoms with Gasteiger partial charge in [0.15, 0.2) is 0 Å². The van der Waals surface area contributed by atoms with Gasteiger partial charge in [0.25, 0.3) is 5.69 Å². The molecule has 0 bridgehead atoms. The molecular formula is C20H22N2O6. The number of anilines is 1. The Bertz CT molecular complexity index is 831. The molecule has 0 N–H and O–H groups in total. The summed E-state index contributed by atoms with van der Waals surface area (Å²) in [5.74, 6) is 0.731. The third kappa shape index (κ3) is 4.70. The lowest BCUT2D eigenvalue weighted by atomic mass is 10.1. The van der Waals surface area contributed by atoms with Gasteiger partial charge in [-0.05, 0) is 49.2 Å². The number of esters is 1. The van der Waals surface area contributed by atoms with Gasteiger partial charge in [0.2, 0.25) is 0 Å². The number of hydrogen-bond donors (Lipinski definition) is 0. The third-order valence-electron chi connectivity index (χ3n) is 4.50. The molecule has 28 heavy (non-hydrogen) atoms. The first kappa shape index (κ1) is 19.5. The predicted molar refractivity (Wildman–Crippen MR) is 103 cm³/mol. The Morgan fingerprint density at radius 3 is 2.39 bits per heavy atom. The van der Waals surface area contributed by atoms with Gasteiger partial charge in [0, 0.05) is 19.2 Å². The van der Waals surface area contributed by atoms with E-state index in [1.54, 1.807) is 43.5 Å². The second-order valence-electron chi connectivity index (χ2n) is 6.31. The van der Waals surface area contributed by atoms with Crippen molar-refractivity contribution < 1.29 is 23.9 Å². The molecule has 0 unspecified atom stereocenters. The van der Waals surface area contributed by atoms with Crippen LogP contribution in [0.15, 0.2) is 42.5 Å². The number of carbonyl (C=O) groups excluding carboxylic acids is 1. The van der Waals surface area contributed by atoms with E-state index in [1.165, 1.54) is 6.07 Å². The van der Waals surface area contributed by atoms with Crippen molar-refractivity contribution >= 4 is 17.3 Å². The molecule has 0 spiro atoms. The fourth-order valence-corrected chi connectivity index (χ4v) is 3.07. The second-order valence-corrected chi connectivity index (χ2v) is 6.31. The van der Waals surface area contributed by atoms with Crippen LogP contribution in [0.25, 0.3) is 0 Å². The van der Waals surface area contributed by atoms with E-state index in [2.05, 4.69) is 0 Å². The first-order valence-electron chi connectivity index (χ1n) is 9.06. The van der Waals surface area contributed by atoms with Crippen molar-refractivity contribution in [3.05, 3.63) is 58.1 Å². The minimum Gasteiger partial charge on any atom is -0.497 e. The summed E-state index contributed by atoms with van der Waals surface area (Å²) >= 11 is 0. The van der Waals surface area contributed by atoms with Crippen LogP contribution in [0.5, 0.6) is 11.5 Å². The van der Waals surface area contributed by atoms with Gasteiger partial charge in [-0.3, -0.25) is 10.1 Å². The molecule has 8 heteroatoms. The van der Waals surface area contributed by atoms with Crippen molar-refractivity contribution in [2.75, 3.05) is 38.3 Å². The number of nitro groups is 1. The molecule has 8 nitrogen and oxygen atoms in total. The zero-order chi connectivity index (χ0) is 19.9. The van der Waals surface area contributed by atoms with Gasteiger partial charge in [-0.15, -0.1) is 0 Å². The first-order valence-corrected chi connectivity index (χ1v) is 9.06. The maximum Gasteiger partial charge on any atom is 0.338 e. The van der Waals surface area contributed by atoms with E-state index in [1.807, 2.05) is 4.90 Å². The Balaban J connectivity index is 1.56. The highest BCUT2D eigenvalue weighted by atomic mass is 16.6. The van der Waals surface area contributed by atoms with Crippen LogP contribution < -0.4 is 14.4 Å². The van der Waals surface area contributed by atoms with Crippen LogP contribution in [-0.2, 0) is 4.74 Å². The lowest BCUT2D eigenvalue weighted by Crippen LogP contribution is -2.19. The Morgan fingerprint density at radius 1 is 1.07 bits per heavy atom. The zero-order valence-corrected chi connectivity index (χ0v) is 15.6. The first-order chi connectivity index (χ1) is 13.6. The molecule has 0 aliphatic carbocycles. The molecule has 0 aromatic heterocycles. The highest BCUT2D eigenvalue weighted by molar-refractivity contribution is 5.91. The Labute approximate surface area is 162 Å². The van der Waals surface area contributed by atoms with Crippen LogP contribution in [0.4, 0.5) is 11.4 Å². The van der Waals surface area contributed by atoms with Crippen molar-refractivity contribution in [2.24, 2.45) is 0 Å². The lowest BCUT2D eigenvalue weighted by Gasteiger charge is -2.17. The number of carbonyl (C=O) groups is 1. The van der Waals surface area contributed by atoms with Gasteiger partial charge in [0.05, 0.1) is 17.6 Å². The zero-order valence-electron chi connectivity index (χ0n) is 15.6. The Morgan fingerprint density at radius 2 is 1.75 bits per heavy atom. The summed E-state index contributed by atoms with van der Waals surface area (Å²) in [4.78, 5) is 25.1. The largest absolute Gasteiger partial charge is 0.497 e. The van der Waals surface area contributed by atoms with E-state index in [0.717, 1.165) is 31.7 Å². The highest BCUT2D eigenvalue weighted by Gasteiger charge is 2.24. The van der Waals surface area contributed by atoms with Crippen LogP contribution >= 0.6 is 0 Å². The van der Waals surface area contributed by atoms with Gasteiger partial charge in [-0.2, -0.15) is 0 Å². The molecule has 0 saturated carbocycles. The molecule has 1 saturated heterocycles. The number of ether oxygens (including phenoxy) is 3. The number of rotatable bonds is 8. The summed E-state index contributed by atoms with van der Waals surface area (Å²) in [5.41, 5.74) is 0.617. The van der Waals surface area contributed by atoms with Crippen LogP contribution in [-0.4, -0.2) is 44.3 Å². The van der Waals surface area contributed by atoms with Crippen molar-refractivity contribution in [3.8, 4) is 11.5 Å². The summed E-state index contributed by atoms with van der Waals surface area (Å²) in [6.07, 6.45) is 2.02. The third-order valence-corrected chi connectivity index (χ3v) is 4.50. The normalized spacial score (nSPS) is 13.2. The van der Waals surface area contributed by atoms with Crippen LogP contribution in [0.3, 0.4) is 0 Å². The van der Waals surface area contributed by atoms with E-state index in [-0.39, 0.29) is 24.5 Å². The van der Waals surface area contributed by atoms with Crippen molar-refractivity contribution in [1.82, 2.24) is 0 Å². The molecule has 2 aromatic carbocycles. The Kier molecular flexibility index (Phi) is 6.31. The fourth-order valence-electron chi connectivity index (χ4n) is 3.07. The molecular weight excluding hydrogens is 364 g/mol. The summed E-state index contributed by atoms with van der Waals surface area (Å²) in [6.45, 7) is 1.78. The molecule has 3 rings (SSSR count). The smallest absolute Gasteiger partial charge is 0.338 e. The molecule has 1 heterocycles. The van der Waals surface area contributed by atoms with Crippen LogP contribution in [0, 0.1) is 10.1 Å². The Hall–Kier alpha value is -3.29. The highest BCUT2D eigenvalue weighted by Crippen LogP contribution is 2.31. The van der Waals surface area contributed by atoms with Gasteiger partial charge < -0.3 is 19.1 Å². The van der Waals surface area contributed by atoms with Crippen molar-refractivity contribution in [1.29, 1.82) is 0 Å². The predicted octanol–water partition coefficient (Wildman–Crippen LogP) is 3.44.